The van der Waals surface area contributed by atoms with Crippen molar-refractivity contribution >= 4 is 23.6 Å². The molecule has 8 nitrogen and oxygen atoms in total. The Morgan fingerprint density at radius 1 is 0.950 bits per heavy atom. The van der Waals surface area contributed by atoms with Gasteiger partial charge in [0.2, 0.25) is 5.91 Å². The topological polar surface area (TPSA) is 108 Å². The zero-order valence-corrected chi connectivity index (χ0v) is 25.7. The highest BCUT2D eigenvalue weighted by Crippen LogP contribution is 2.37. The fourth-order valence-electron chi connectivity index (χ4n) is 4.53. The third-order valence-electron chi connectivity index (χ3n) is 7.37. The predicted molar refractivity (Wildman–Crippen MR) is 159 cm³/mol. The lowest BCUT2D eigenvalue weighted by molar-refractivity contribution is -0.148. The van der Waals surface area contributed by atoms with Gasteiger partial charge in [-0.25, -0.2) is 4.79 Å². The minimum Gasteiger partial charge on any atom is -0.508 e. The average molecular weight is 554 g/mol. The lowest BCUT2D eigenvalue weighted by Crippen LogP contribution is -2.60. The van der Waals surface area contributed by atoms with Gasteiger partial charge in [-0.3, -0.25) is 9.59 Å². The quantitative estimate of drug-likeness (QED) is 0.305. The third-order valence-corrected chi connectivity index (χ3v) is 7.37. The molecule has 220 valence electrons. The van der Waals surface area contributed by atoms with E-state index in [4.69, 9.17) is 4.74 Å². The Kier molecular flexibility index (Phi) is 10.8. The van der Waals surface area contributed by atoms with Crippen molar-refractivity contribution in [2.75, 3.05) is 5.32 Å². The van der Waals surface area contributed by atoms with Gasteiger partial charge in [0.05, 0.1) is 0 Å². The van der Waals surface area contributed by atoms with Crippen molar-refractivity contribution in [3.8, 4) is 5.75 Å². The lowest BCUT2D eigenvalue weighted by atomic mass is 9.89. The van der Waals surface area contributed by atoms with E-state index < -0.39 is 41.1 Å². The van der Waals surface area contributed by atoms with Gasteiger partial charge in [-0.1, -0.05) is 63.6 Å². The number of rotatable bonds is 10. The molecule has 3 unspecified atom stereocenters. The van der Waals surface area contributed by atoms with Gasteiger partial charge in [0, 0.05) is 16.8 Å². The predicted octanol–water partition coefficient (Wildman–Crippen LogP) is 6.65. The van der Waals surface area contributed by atoms with Gasteiger partial charge in [-0.15, -0.1) is 0 Å². The number of hydrogen-bond acceptors (Lipinski definition) is 5. The lowest BCUT2D eigenvalue weighted by Gasteiger charge is -2.45. The van der Waals surface area contributed by atoms with Crippen LogP contribution in [0.2, 0.25) is 0 Å². The number of phenols is 1. The molecule has 8 heteroatoms. The molecule has 2 aromatic rings. The minimum absolute atomic E-state index is 0.103. The van der Waals surface area contributed by atoms with Crippen LogP contribution in [-0.4, -0.2) is 45.1 Å². The highest BCUT2D eigenvalue weighted by molar-refractivity contribution is 6.00. The Bertz CT molecular complexity index is 1180. The molecule has 0 aliphatic rings. The van der Waals surface area contributed by atoms with Crippen LogP contribution in [0.4, 0.5) is 10.5 Å². The normalized spacial score (nSPS) is 14.1. The van der Waals surface area contributed by atoms with E-state index in [1.165, 1.54) is 11.0 Å². The molecule has 3 N–H and O–H groups in total. The summed E-state index contributed by atoms with van der Waals surface area (Å²) in [6.45, 7) is 18.6. The van der Waals surface area contributed by atoms with Crippen molar-refractivity contribution in [1.29, 1.82) is 0 Å². The maximum atomic E-state index is 14.6. The van der Waals surface area contributed by atoms with Crippen molar-refractivity contribution in [1.82, 2.24) is 10.2 Å². The van der Waals surface area contributed by atoms with Crippen LogP contribution >= 0.6 is 0 Å². The van der Waals surface area contributed by atoms with Crippen LogP contribution in [0.5, 0.6) is 5.75 Å². The van der Waals surface area contributed by atoms with E-state index in [1.807, 2.05) is 66.7 Å². The maximum Gasteiger partial charge on any atom is 0.408 e. The molecule has 0 bridgehead atoms. The number of anilines is 1. The Balaban J connectivity index is 2.72. The summed E-state index contributed by atoms with van der Waals surface area (Å²) in [4.78, 5) is 43.2. The second-order valence-corrected chi connectivity index (χ2v) is 12.1. The number of aryl methyl sites for hydroxylation is 2. The second-order valence-electron chi connectivity index (χ2n) is 12.1. The molecule has 0 aliphatic carbocycles. The molecule has 2 rings (SSSR count). The summed E-state index contributed by atoms with van der Waals surface area (Å²) in [6.07, 6.45) is 0.404. The van der Waals surface area contributed by atoms with E-state index in [1.54, 1.807) is 39.0 Å². The zero-order valence-electron chi connectivity index (χ0n) is 25.7. The molecular weight excluding hydrogens is 506 g/mol. The standard InChI is InChI=1S/C32H47N3O5/c1-11-20(3)26(34-30(39)40-31(6,7)8)29(38)35(32(9,10)12-2)27(23-18-13-14-19-24(23)36)28(37)33-25-21(4)16-15-17-22(25)5/h13-20,26-27,36H,11-12H2,1-10H3,(H,33,37)(H,34,39). The summed E-state index contributed by atoms with van der Waals surface area (Å²) in [5.41, 5.74) is 1.12. The van der Waals surface area contributed by atoms with E-state index in [0.29, 0.717) is 24.1 Å². The number of hydrogen-bond donors (Lipinski definition) is 3. The van der Waals surface area contributed by atoms with E-state index >= 15 is 0 Å². The molecular formula is C32H47N3O5. The Labute approximate surface area is 239 Å². The molecule has 0 aromatic heterocycles. The molecule has 0 saturated heterocycles. The number of aromatic hydroxyl groups is 1. The summed E-state index contributed by atoms with van der Waals surface area (Å²) in [5.74, 6) is -1.26. The summed E-state index contributed by atoms with van der Waals surface area (Å²) in [7, 11) is 0. The molecule has 0 fully saturated rings. The number of nitrogens with one attached hydrogen (secondary N) is 2. The van der Waals surface area contributed by atoms with E-state index in [-0.39, 0.29) is 11.7 Å². The largest absolute Gasteiger partial charge is 0.508 e. The monoisotopic (exact) mass is 553 g/mol. The van der Waals surface area contributed by atoms with E-state index in [0.717, 1.165) is 11.1 Å². The average Bonchev–Trinajstić information content (AvgIpc) is 2.86. The number of amides is 3. The first-order valence-electron chi connectivity index (χ1n) is 14.0. The van der Waals surface area contributed by atoms with Crippen LogP contribution in [0.3, 0.4) is 0 Å². The highest BCUT2D eigenvalue weighted by Gasteiger charge is 2.45. The molecule has 40 heavy (non-hydrogen) atoms. The van der Waals surface area contributed by atoms with Crippen LogP contribution in [0.15, 0.2) is 42.5 Å². The van der Waals surface area contributed by atoms with Gasteiger partial charge in [0.25, 0.3) is 5.91 Å². The number of benzene rings is 2. The number of ether oxygens (including phenoxy) is 1. The van der Waals surface area contributed by atoms with Crippen LogP contribution in [0, 0.1) is 19.8 Å². The summed E-state index contributed by atoms with van der Waals surface area (Å²) in [6, 6.07) is 10.1. The van der Waals surface area contributed by atoms with Crippen LogP contribution in [-0.2, 0) is 14.3 Å². The van der Waals surface area contributed by atoms with Crippen LogP contribution < -0.4 is 10.6 Å². The molecule has 3 amide bonds. The number of phenolic OH excluding ortho intramolecular Hbond substituents is 1. The molecule has 0 radical (unpaired) electrons. The third kappa shape index (κ3) is 7.99. The number of carbonyl (C=O) groups is 3. The highest BCUT2D eigenvalue weighted by atomic mass is 16.6. The molecule has 3 atom stereocenters. The molecule has 0 saturated carbocycles. The molecule has 0 heterocycles. The van der Waals surface area contributed by atoms with Crippen molar-refractivity contribution in [2.45, 2.75) is 105 Å². The first-order valence-corrected chi connectivity index (χ1v) is 14.0. The Morgan fingerprint density at radius 2 is 1.52 bits per heavy atom. The van der Waals surface area contributed by atoms with Gasteiger partial charge in [0.15, 0.2) is 0 Å². The number of nitrogens with zero attached hydrogens (tertiary/aromatic N) is 1. The first kappa shape index (κ1) is 32.7. The van der Waals surface area contributed by atoms with E-state index in [2.05, 4.69) is 10.6 Å². The number of carbonyl (C=O) groups excluding carboxylic acids is 3. The minimum atomic E-state index is -1.19. The maximum absolute atomic E-state index is 14.6. The van der Waals surface area contributed by atoms with Crippen LogP contribution in [0.1, 0.15) is 91.0 Å². The number of alkyl carbamates (subject to hydrolysis) is 1. The van der Waals surface area contributed by atoms with Crippen molar-refractivity contribution < 1.29 is 24.2 Å². The second kappa shape index (κ2) is 13.2. The van der Waals surface area contributed by atoms with Crippen molar-refractivity contribution in [3.63, 3.8) is 0 Å². The summed E-state index contributed by atoms with van der Waals surface area (Å²) < 4.78 is 5.48. The fraction of sp³-hybridized carbons (Fsp3) is 0.531. The SMILES string of the molecule is CCC(C)C(NC(=O)OC(C)(C)C)C(=O)N(C(C(=O)Nc1c(C)cccc1C)c1ccccc1O)C(C)(C)CC. The van der Waals surface area contributed by atoms with Gasteiger partial charge in [0.1, 0.15) is 23.4 Å². The molecule has 2 aromatic carbocycles. The van der Waals surface area contributed by atoms with Gasteiger partial charge in [-0.2, -0.15) is 0 Å². The van der Waals surface area contributed by atoms with Gasteiger partial charge < -0.3 is 25.4 Å². The van der Waals surface area contributed by atoms with E-state index in [9.17, 15) is 19.5 Å². The summed E-state index contributed by atoms with van der Waals surface area (Å²) >= 11 is 0. The van der Waals surface area contributed by atoms with Crippen molar-refractivity contribution in [3.05, 3.63) is 59.2 Å². The summed E-state index contributed by atoms with van der Waals surface area (Å²) in [5, 5.41) is 16.7. The Morgan fingerprint density at radius 3 is 2.02 bits per heavy atom. The first-order chi connectivity index (χ1) is 18.5. The molecule has 0 aliphatic heterocycles. The Hall–Kier alpha value is -3.55. The van der Waals surface area contributed by atoms with Crippen LogP contribution in [0.25, 0.3) is 0 Å². The fourth-order valence-corrected chi connectivity index (χ4v) is 4.53. The van der Waals surface area contributed by atoms with Gasteiger partial charge >= 0.3 is 6.09 Å². The van der Waals surface area contributed by atoms with Crippen molar-refractivity contribution in [2.24, 2.45) is 5.92 Å². The number of para-hydroxylation sites is 2. The zero-order chi connectivity index (χ0) is 30.4. The smallest absolute Gasteiger partial charge is 0.408 e. The molecule has 0 spiro atoms. The van der Waals surface area contributed by atoms with Gasteiger partial charge in [-0.05, 0) is 78.0 Å².